The van der Waals surface area contributed by atoms with E-state index in [4.69, 9.17) is 4.74 Å². The molecule has 1 aromatic carbocycles. The Morgan fingerprint density at radius 3 is 2.80 bits per heavy atom. The molecule has 1 aromatic rings. The number of hydrogen-bond donors (Lipinski definition) is 1. The first-order chi connectivity index (χ1) is 7.27. The van der Waals surface area contributed by atoms with Gasteiger partial charge in [-0.05, 0) is 6.07 Å². The van der Waals surface area contributed by atoms with Gasteiger partial charge in [-0.1, -0.05) is 18.2 Å². The molecule has 2 rings (SSSR count). The van der Waals surface area contributed by atoms with Crippen LogP contribution in [0.25, 0.3) is 0 Å². The Morgan fingerprint density at radius 2 is 2.13 bits per heavy atom. The van der Waals surface area contributed by atoms with Crippen molar-refractivity contribution in [3.05, 3.63) is 35.6 Å². The van der Waals surface area contributed by atoms with Crippen LogP contribution in [0, 0.1) is 5.82 Å². The van der Waals surface area contributed by atoms with Crippen molar-refractivity contribution in [1.82, 2.24) is 5.32 Å². The van der Waals surface area contributed by atoms with Crippen molar-refractivity contribution in [1.29, 1.82) is 0 Å². The molecule has 1 aliphatic rings. The average molecular weight is 213 g/mol. The van der Waals surface area contributed by atoms with Crippen molar-refractivity contribution in [2.75, 3.05) is 13.1 Å². The fourth-order valence-corrected chi connectivity index (χ4v) is 1.60. The highest BCUT2D eigenvalue weighted by molar-refractivity contribution is 5.16. The molecule has 15 heavy (non-hydrogen) atoms. The van der Waals surface area contributed by atoms with Crippen LogP contribution in [0.5, 0.6) is 0 Å². The predicted molar refractivity (Wildman–Crippen MR) is 52.7 cm³/mol. The fourth-order valence-electron chi connectivity index (χ4n) is 1.60. The van der Waals surface area contributed by atoms with E-state index in [1.807, 2.05) is 0 Å². The Balaban J connectivity index is 1.90. The molecule has 0 radical (unpaired) electrons. The van der Waals surface area contributed by atoms with Crippen LogP contribution < -0.4 is 5.32 Å². The first kappa shape index (κ1) is 10.5. The van der Waals surface area contributed by atoms with Gasteiger partial charge in [0.2, 0.25) is 0 Å². The lowest BCUT2D eigenvalue weighted by Crippen LogP contribution is -2.23. The summed E-state index contributed by atoms with van der Waals surface area (Å²) in [5.74, 6) is -0.307. The zero-order chi connectivity index (χ0) is 10.7. The predicted octanol–water partition coefficient (Wildman–Crippen LogP) is 1.65. The van der Waals surface area contributed by atoms with Gasteiger partial charge in [0.05, 0.1) is 6.61 Å². The zero-order valence-electron chi connectivity index (χ0n) is 8.25. The Hall–Kier alpha value is -1.00. The first-order valence-electron chi connectivity index (χ1n) is 4.97. The van der Waals surface area contributed by atoms with Crippen LogP contribution in [0.15, 0.2) is 24.3 Å². The summed E-state index contributed by atoms with van der Waals surface area (Å²) in [5.41, 5.74) is 0.469. The van der Waals surface area contributed by atoms with Crippen molar-refractivity contribution < 1.29 is 13.5 Å². The second-order valence-electron chi connectivity index (χ2n) is 3.62. The van der Waals surface area contributed by atoms with Gasteiger partial charge in [0.15, 0.2) is 0 Å². The van der Waals surface area contributed by atoms with Crippen LogP contribution in [0.1, 0.15) is 5.56 Å². The number of benzene rings is 1. The summed E-state index contributed by atoms with van der Waals surface area (Å²) in [6.45, 7) is 0.941. The maximum Gasteiger partial charge on any atom is 0.140 e. The van der Waals surface area contributed by atoms with E-state index in [1.165, 1.54) is 6.07 Å². The summed E-state index contributed by atoms with van der Waals surface area (Å²) in [4.78, 5) is 0. The van der Waals surface area contributed by atoms with Crippen LogP contribution in [0.2, 0.25) is 0 Å². The molecular weight excluding hydrogens is 200 g/mol. The standard InChI is InChI=1S/C11H13F2NO/c12-9-4-2-1-3-8(9)7-15-11-6-14-5-10(11)13/h1-4,10-11,14H,5-7H2. The monoisotopic (exact) mass is 213 g/mol. The Morgan fingerprint density at radius 1 is 1.33 bits per heavy atom. The minimum Gasteiger partial charge on any atom is -0.369 e. The van der Waals surface area contributed by atoms with Gasteiger partial charge in [0.1, 0.15) is 18.1 Å². The van der Waals surface area contributed by atoms with Crippen LogP contribution in [-0.2, 0) is 11.3 Å². The van der Waals surface area contributed by atoms with Gasteiger partial charge >= 0.3 is 0 Å². The van der Waals surface area contributed by atoms with Crippen molar-refractivity contribution >= 4 is 0 Å². The summed E-state index contributed by atoms with van der Waals surface area (Å²) in [6, 6.07) is 6.37. The molecule has 1 N–H and O–H groups in total. The quantitative estimate of drug-likeness (QED) is 0.824. The molecule has 1 heterocycles. The third kappa shape index (κ3) is 2.52. The van der Waals surface area contributed by atoms with E-state index in [2.05, 4.69) is 5.32 Å². The molecule has 2 unspecified atom stereocenters. The van der Waals surface area contributed by atoms with Crippen molar-refractivity contribution in [3.63, 3.8) is 0 Å². The molecule has 1 fully saturated rings. The maximum atomic E-state index is 13.2. The van der Waals surface area contributed by atoms with Gasteiger partial charge in [-0.3, -0.25) is 0 Å². The van der Waals surface area contributed by atoms with Crippen LogP contribution in [-0.4, -0.2) is 25.4 Å². The lowest BCUT2D eigenvalue weighted by molar-refractivity contribution is 0.0127. The van der Waals surface area contributed by atoms with Gasteiger partial charge in [0, 0.05) is 18.7 Å². The van der Waals surface area contributed by atoms with Crippen LogP contribution in [0.4, 0.5) is 8.78 Å². The molecule has 0 spiro atoms. The molecule has 0 aromatic heterocycles. The molecule has 0 bridgehead atoms. The molecule has 0 amide bonds. The lowest BCUT2D eigenvalue weighted by Gasteiger charge is -2.13. The number of nitrogens with one attached hydrogen (secondary N) is 1. The van der Waals surface area contributed by atoms with Crippen molar-refractivity contribution in [2.45, 2.75) is 18.9 Å². The largest absolute Gasteiger partial charge is 0.369 e. The first-order valence-corrected chi connectivity index (χ1v) is 4.97. The molecule has 0 aliphatic carbocycles. The molecule has 82 valence electrons. The second kappa shape index (κ2) is 4.68. The minimum absolute atomic E-state index is 0.124. The SMILES string of the molecule is Fc1ccccc1COC1CNCC1F. The van der Waals surface area contributed by atoms with E-state index < -0.39 is 12.3 Å². The van der Waals surface area contributed by atoms with E-state index in [0.29, 0.717) is 18.7 Å². The number of rotatable bonds is 3. The van der Waals surface area contributed by atoms with Crippen molar-refractivity contribution in [3.8, 4) is 0 Å². The van der Waals surface area contributed by atoms with E-state index in [-0.39, 0.29) is 12.4 Å². The van der Waals surface area contributed by atoms with E-state index >= 15 is 0 Å². The highest BCUT2D eigenvalue weighted by Gasteiger charge is 2.27. The number of ether oxygens (including phenoxy) is 1. The highest BCUT2D eigenvalue weighted by Crippen LogP contribution is 2.13. The molecule has 2 atom stereocenters. The number of alkyl halides is 1. The van der Waals surface area contributed by atoms with E-state index in [1.54, 1.807) is 18.2 Å². The maximum absolute atomic E-state index is 13.2. The summed E-state index contributed by atoms with van der Waals surface area (Å²) in [5, 5.41) is 2.88. The van der Waals surface area contributed by atoms with Crippen molar-refractivity contribution in [2.24, 2.45) is 0 Å². The second-order valence-corrected chi connectivity index (χ2v) is 3.62. The topological polar surface area (TPSA) is 21.3 Å². The Bertz CT molecular complexity index is 332. The fraction of sp³-hybridized carbons (Fsp3) is 0.455. The summed E-state index contributed by atoms with van der Waals surface area (Å²) < 4.78 is 31.6. The molecule has 4 heteroatoms. The Kier molecular flexibility index (Phi) is 3.28. The molecule has 2 nitrogen and oxygen atoms in total. The highest BCUT2D eigenvalue weighted by atomic mass is 19.1. The Labute approximate surface area is 87.2 Å². The molecule has 0 saturated carbocycles. The van der Waals surface area contributed by atoms with Gasteiger partial charge in [-0.2, -0.15) is 0 Å². The smallest absolute Gasteiger partial charge is 0.140 e. The van der Waals surface area contributed by atoms with Gasteiger partial charge in [-0.25, -0.2) is 8.78 Å². The average Bonchev–Trinajstić information content (AvgIpc) is 2.63. The summed E-state index contributed by atoms with van der Waals surface area (Å²) in [6.07, 6.45) is -1.44. The molecule has 1 aliphatic heterocycles. The third-order valence-corrected chi connectivity index (χ3v) is 2.50. The van der Waals surface area contributed by atoms with Gasteiger partial charge in [0.25, 0.3) is 0 Å². The summed E-state index contributed by atoms with van der Waals surface area (Å²) in [7, 11) is 0. The number of hydrogen-bond acceptors (Lipinski definition) is 2. The lowest BCUT2D eigenvalue weighted by atomic mass is 10.2. The third-order valence-electron chi connectivity index (χ3n) is 2.50. The van der Waals surface area contributed by atoms with Gasteiger partial charge < -0.3 is 10.1 Å². The van der Waals surface area contributed by atoms with Crippen LogP contribution >= 0.6 is 0 Å². The zero-order valence-corrected chi connectivity index (χ0v) is 8.25. The normalized spacial score (nSPS) is 25.7. The number of halogens is 2. The molecule has 1 saturated heterocycles. The minimum atomic E-state index is -0.989. The van der Waals surface area contributed by atoms with E-state index in [0.717, 1.165) is 0 Å². The van der Waals surface area contributed by atoms with Gasteiger partial charge in [-0.15, -0.1) is 0 Å². The van der Waals surface area contributed by atoms with Crippen LogP contribution in [0.3, 0.4) is 0 Å². The summed E-state index contributed by atoms with van der Waals surface area (Å²) >= 11 is 0. The van der Waals surface area contributed by atoms with E-state index in [9.17, 15) is 8.78 Å². The molecular formula is C11H13F2NO.